The third-order valence-electron chi connectivity index (χ3n) is 2.64. The molecule has 0 aliphatic rings. The lowest BCUT2D eigenvalue weighted by Gasteiger charge is -2.11. The SMILES string of the molecule is CCNc1cc(Nc2ccc(Cl)cc2I)nc(CC)n1. The molecule has 20 heavy (non-hydrogen) atoms. The number of anilines is 3. The summed E-state index contributed by atoms with van der Waals surface area (Å²) in [5.74, 6) is 2.44. The average Bonchev–Trinajstić information content (AvgIpc) is 2.42. The fourth-order valence-corrected chi connectivity index (χ4v) is 2.73. The number of hydrogen-bond donors (Lipinski definition) is 2. The molecule has 1 aromatic heterocycles. The van der Waals surface area contributed by atoms with Crippen molar-refractivity contribution in [3.8, 4) is 0 Å². The van der Waals surface area contributed by atoms with Gasteiger partial charge in [-0.3, -0.25) is 0 Å². The summed E-state index contributed by atoms with van der Waals surface area (Å²) in [6.45, 7) is 4.92. The molecule has 106 valence electrons. The van der Waals surface area contributed by atoms with Crippen molar-refractivity contribution in [2.45, 2.75) is 20.3 Å². The highest BCUT2D eigenvalue weighted by atomic mass is 127. The van der Waals surface area contributed by atoms with Crippen LogP contribution in [0.1, 0.15) is 19.7 Å². The number of nitrogens with one attached hydrogen (secondary N) is 2. The Morgan fingerprint density at radius 3 is 2.55 bits per heavy atom. The molecule has 0 fully saturated rings. The molecule has 0 atom stereocenters. The second-order valence-corrected chi connectivity index (χ2v) is 5.79. The number of benzene rings is 1. The first kappa shape index (κ1) is 15.3. The van der Waals surface area contributed by atoms with Gasteiger partial charge in [-0.2, -0.15) is 0 Å². The highest BCUT2D eigenvalue weighted by Gasteiger charge is 2.06. The molecule has 1 aromatic carbocycles. The summed E-state index contributed by atoms with van der Waals surface area (Å²) in [6, 6.07) is 7.63. The minimum atomic E-state index is 0.727. The van der Waals surface area contributed by atoms with Crippen LogP contribution < -0.4 is 10.6 Å². The molecule has 0 saturated heterocycles. The van der Waals surface area contributed by atoms with Crippen molar-refractivity contribution in [3.05, 3.63) is 38.7 Å². The van der Waals surface area contributed by atoms with Gasteiger partial charge in [0.05, 0.1) is 5.69 Å². The summed E-state index contributed by atoms with van der Waals surface area (Å²) in [5.41, 5.74) is 0.984. The van der Waals surface area contributed by atoms with Crippen LogP contribution in [0.5, 0.6) is 0 Å². The van der Waals surface area contributed by atoms with Crippen molar-refractivity contribution in [1.82, 2.24) is 9.97 Å². The fourth-order valence-electron chi connectivity index (χ4n) is 1.72. The van der Waals surface area contributed by atoms with Gasteiger partial charge in [0.1, 0.15) is 17.5 Å². The lowest BCUT2D eigenvalue weighted by Crippen LogP contribution is -2.06. The van der Waals surface area contributed by atoms with Gasteiger partial charge in [0.15, 0.2) is 0 Å². The third kappa shape index (κ3) is 3.96. The minimum absolute atomic E-state index is 0.727. The normalized spacial score (nSPS) is 10.4. The van der Waals surface area contributed by atoms with Gasteiger partial charge in [-0.15, -0.1) is 0 Å². The monoisotopic (exact) mass is 402 g/mol. The first-order chi connectivity index (χ1) is 9.62. The smallest absolute Gasteiger partial charge is 0.136 e. The van der Waals surface area contributed by atoms with Crippen LogP contribution in [-0.2, 0) is 6.42 Å². The Labute approximate surface area is 137 Å². The van der Waals surface area contributed by atoms with E-state index in [0.717, 1.165) is 44.7 Å². The summed E-state index contributed by atoms with van der Waals surface area (Å²) in [6.07, 6.45) is 0.797. The Balaban J connectivity index is 2.29. The molecular formula is C14H16ClIN4. The fraction of sp³-hybridized carbons (Fsp3) is 0.286. The summed E-state index contributed by atoms with van der Waals surface area (Å²) >= 11 is 8.22. The average molecular weight is 403 g/mol. The third-order valence-corrected chi connectivity index (χ3v) is 3.77. The van der Waals surface area contributed by atoms with Crippen molar-refractivity contribution in [3.63, 3.8) is 0 Å². The van der Waals surface area contributed by atoms with Crippen molar-refractivity contribution in [1.29, 1.82) is 0 Å². The Kier molecular flexibility index (Phi) is 5.42. The van der Waals surface area contributed by atoms with E-state index < -0.39 is 0 Å². The predicted molar refractivity (Wildman–Crippen MR) is 93.0 cm³/mol. The maximum Gasteiger partial charge on any atom is 0.136 e. The molecule has 0 saturated carbocycles. The molecule has 0 unspecified atom stereocenters. The molecule has 0 amide bonds. The van der Waals surface area contributed by atoms with Crippen molar-refractivity contribution in [2.75, 3.05) is 17.2 Å². The molecule has 1 heterocycles. The van der Waals surface area contributed by atoms with E-state index in [4.69, 9.17) is 11.6 Å². The second kappa shape index (κ2) is 7.08. The molecule has 2 rings (SSSR count). The van der Waals surface area contributed by atoms with Crippen molar-refractivity contribution >= 4 is 51.5 Å². The molecule has 0 aliphatic heterocycles. The summed E-state index contributed by atoms with van der Waals surface area (Å²) in [4.78, 5) is 8.93. The summed E-state index contributed by atoms with van der Waals surface area (Å²) in [7, 11) is 0. The van der Waals surface area contributed by atoms with E-state index >= 15 is 0 Å². The maximum atomic E-state index is 5.97. The van der Waals surface area contributed by atoms with Crippen LogP contribution in [0.15, 0.2) is 24.3 Å². The topological polar surface area (TPSA) is 49.8 Å². The van der Waals surface area contributed by atoms with Gasteiger partial charge >= 0.3 is 0 Å². The van der Waals surface area contributed by atoms with E-state index in [0.29, 0.717) is 0 Å². The van der Waals surface area contributed by atoms with E-state index in [1.165, 1.54) is 0 Å². The van der Waals surface area contributed by atoms with E-state index in [1.54, 1.807) is 0 Å². The van der Waals surface area contributed by atoms with Crippen molar-refractivity contribution in [2.24, 2.45) is 0 Å². The number of halogens is 2. The number of hydrogen-bond acceptors (Lipinski definition) is 4. The predicted octanol–water partition coefficient (Wildman–Crippen LogP) is 4.47. The molecule has 4 nitrogen and oxygen atoms in total. The second-order valence-electron chi connectivity index (χ2n) is 4.19. The van der Waals surface area contributed by atoms with Gasteiger partial charge in [0, 0.05) is 27.6 Å². The molecule has 0 bridgehead atoms. The molecule has 2 aromatic rings. The van der Waals surface area contributed by atoms with Crippen LogP contribution in [0.3, 0.4) is 0 Å². The molecule has 6 heteroatoms. The summed E-state index contributed by atoms with van der Waals surface area (Å²) in [5, 5.41) is 7.26. The number of rotatable bonds is 5. The lowest BCUT2D eigenvalue weighted by molar-refractivity contribution is 0.939. The largest absolute Gasteiger partial charge is 0.370 e. The number of aromatic nitrogens is 2. The lowest BCUT2D eigenvalue weighted by atomic mass is 10.3. The van der Waals surface area contributed by atoms with Crippen LogP contribution >= 0.6 is 34.2 Å². The zero-order chi connectivity index (χ0) is 14.5. The Morgan fingerprint density at radius 2 is 1.90 bits per heavy atom. The van der Waals surface area contributed by atoms with E-state index in [2.05, 4.69) is 43.2 Å². The minimum Gasteiger partial charge on any atom is -0.370 e. The molecule has 0 radical (unpaired) electrons. The van der Waals surface area contributed by atoms with Gasteiger partial charge in [-0.1, -0.05) is 18.5 Å². The quantitative estimate of drug-likeness (QED) is 0.724. The van der Waals surface area contributed by atoms with Gasteiger partial charge in [-0.25, -0.2) is 9.97 Å². The van der Waals surface area contributed by atoms with Crippen LogP contribution in [0, 0.1) is 3.57 Å². The first-order valence-corrected chi connectivity index (χ1v) is 7.92. The highest BCUT2D eigenvalue weighted by Crippen LogP contribution is 2.25. The van der Waals surface area contributed by atoms with Crippen LogP contribution in [0.2, 0.25) is 5.02 Å². The van der Waals surface area contributed by atoms with E-state index in [1.807, 2.05) is 38.1 Å². The Bertz CT molecular complexity index is 604. The van der Waals surface area contributed by atoms with Crippen LogP contribution in [0.25, 0.3) is 0 Å². The van der Waals surface area contributed by atoms with Crippen LogP contribution in [-0.4, -0.2) is 16.5 Å². The molecule has 0 aliphatic carbocycles. The zero-order valence-corrected chi connectivity index (χ0v) is 14.3. The molecular weight excluding hydrogens is 387 g/mol. The van der Waals surface area contributed by atoms with E-state index in [9.17, 15) is 0 Å². The molecule has 0 spiro atoms. The van der Waals surface area contributed by atoms with Crippen LogP contribution in [0.4, 0.5) is 17.3 Å². The van der Waals surface area contributed by atoms with Gasteiger partial charge in [-0.05, 0) is 47.7 Å². The van der Waals surface area contributed by atoms with Gasteiger partial charge in [0.25, 0.3) is 0 Å². The van der Waals surface area contributed by atoms with Crippen molar-refractivity contribution < 1.29 is 0 Å². The van der Waals surface area contributed by atoms with E-state index in [-0.39, 0.29) is 0 Å². The highest BCUT2D eigenvalue weighted by molar-refractivity contribution is 14.1. The number of aryl methyl sites for hydroxylation is 1. The maximum absolute atomic E-state index is 5.97. The summed E-state index contributed by atoms with van der Waals surface area (Å²) < 4.78 is 1.05. The van der Waals surface area contributed by atoms with Gasteiger partial charge in [0.2, 0.25) is 0 Å². The zero-order valence-electron chi connectivity index (χ0n) is 11.4. The number of nitrogens with zero attached hydrogens (tertiary/aromatic N) is 2. The Hall–Kier alpha value is -1.08. The molecule has 2 N–H and O–H groups in total. The standard InChI is InChI=1S/C14H16ClIN4/c1-3-12-19-13(17-4-2)8-14(20-12)18-11-6-5-9(15)7-10(11)16/h5-8H,3-4H2,1-2H3,(H2,17,18,19,20). The first-order valence-electron chi connectivity index (χ1n) is 6.46. The Morgan fingerprint density at radius 1 is 1.15 bits per heavy atom. The van der Waals surface area contributed by atoms with Gasteiger partial charge < -0.3 is 10.6 Å².